The number of nitrogens with zero attached hydrogens (tertiary/aromatic N) is 1. The van der Waals surface area contributed by atoms with E-state index in [9.17, 15) is 8.78 Å². The molecule has 2 nitrogen and oxygen atoms in total. The van der Waals surface area contributed by atoms with E-state index < -0.39 is 17.7 Å². The summed E-state index contributed by atoms with van der Waals surface area (Å²) in [5.74, 6) is -0.601. The van der Waals surface area contributed by atoms with Gasteiger partial charge in [-0.2, -0.15) is 0 Å². The molecule has 18 heavy (non-hydrogen) atoms. The lowest BCUT2D eigenvalue weighted by atomic mass is 10.1. The fourth-order valence-electron chi connectivity index (χ4n) is 2.03. The topological polar surface area (TPSA) is 29.3 Å². The third-order valence-electron chi connectivity index (χ3n) is 2.89. The van der Waals surface area contributed by atoms with Crippen LogP contribution in [0.15, 0.2) is 18.2 Å². The zero-order chi connectivity index (χ0) is 13.7. The monoisotopic (exact) mass is 256 g/mol. The Morgan fingerprint density at radius 3 is 2.39 bits per heavy atom. The Bertz CT molecular complexity index is 380. The zero-order valence-electron chi connectivity index (χ0n) is 11.3. The average molecular weight is 256 g/mol. The molecule has 1 aromatic rings. The average Bonchev–Trinajstić information content (AvgIpc) is 2.27. The van der Waals surface area contributed by atoms with Gasteiger partial charge in [-0.05, 0) is 18.5 Å². The number of halogens is 2. The Labute approximate surface area is 108 Å². The maximum atomic E-state index is 13.6. The Hall–Kier alpha value is -1.00. The van der Waals surface area contributed by atoms with Crippen LogP contribution >= 0.6 is 0 Å². The molecule has 0 fully saturated rings. The highest BCUT2D eigenvalue weighted by Crippen LogP contribution is 2.17. The third kappa shape index (κ3) is 4.35. The fraction of sp³-hybridized carbons (Fsp3) is 0.571. The fourth-order valence-corrected chi connectivity index (χ4v) is 2.03. The first-order chi connectivity index (χ1) is 8.43. The maximum absolute atomic E-state index is 13.6. The Morgan fingerprint density at radius 1 is 1.22 bits per heavy atom. The lowest BCUT2D eigenvalue weighted by molar-refractivity contribution is 0.240. The van der Waals surface area contributed by atoms with Gasteiger partial charge < -0.3 is 10.6 Å². The number of nitrogens with two attached hydrogens (primary N) is 1. The Balaban J connectivity index is 2.71. The second-order valence-electron chi connectivity index (χ2n) is 5.02. The van der Waals surface area contributed by atoms with E-state index in [4.69, 9.17) is 5.73 Å². The van der Waals surface area contributed by atoms with E-state index in [2.05, 4.69) is 25.7 Å². The molecule has 102 valence electrons. The van der Waals surface area contributed by atoms with E-state index in [1.807, 2.05) is 0 Å². The van der Waals surface area contributed by atoms with Gasteiger partial charge in [-0.3, -0.25) is 0 Å². The molecule has 0 aliphatic heterocycles. The molecule has 0 saturated carbocycles. The normalized spacial score (nSPS) is 13.3. The second kappa shape index (κ2) is 6.81. The van der Waals surface area contributed by atoms with Crippen LogP contribution in [0.3, 0.4) is 0 Å². The van der Waals surface area contributed by atoms with Crippen LogP contribution in [-0.2, 0) is 0 Å². The molecule has 1 rings (SSSR count). The minimum atomic E-state index is -0.571. The van der Waals surface area contributed by atoms with Gasteiger partial charge in [-0.25, -0.2) is 8.78 Å². The SMILES string of the molecule is CCN(CC(C)C)CC(N)c1ccc(F)cc1F. The highest BCUT2D eigenvalue weighted by molar-refractivity contribution is 5.22. The molecule has 1 unspecified atom stereocenters. The van der Waals surface area contributed by atoms with Gasteiger partial charge in [0.25, 0.3) is 0 Å². The van der Waals surface area contributed by atoms with E-state index in [0.29, 0.717) is 18.0 Å². The van der Waals surface area contributed by atoms with Gasteiger partial charge in [0.05, 0.1) is 0 Å². The van der Waals surface area contributed by atoms with Crippen molar-refractivity contribution < 1.29 is 8.78 Å². The quantitative estimate of drug-likeness (QED) is 0.848. The summed E-state index contributed by atoms with van der Waals surface area (Å²) in [5.41, 5.74) is 6.37. The van der Waals surface area contributed by atoms with Crippen molar-refractivity contribution in [3.63, 3.8) is 0 Å². The van der Waals surface area contributed by atoms with Gasteiger partial charge in [0.15, 0.2) is 0 Å². The summed E-state index contributed by atoms with van der Waals surface area (Å²) in [4.78, 5) is 2.18. The largest absolute Gasteiger partial charge is 0.323 e. The number of hydrogen-bond acceptors (Lipinski definition) is 2. The van der Waals surface area contributed by atoms with Crippen LogP contribution in [0.4, 0.5) is 8.78 Å². The van der Waals surface area contributed by atoms with Crippen LogP contribution < -0.4 is 5.73 Å². The smallest absolute Gasteiger partial charge is 0.130 e. The van der Waals surface area contributed by atoms with Crippen molar-refractivity contribution in [2.75, 3.05) is 19.6 Å². The maximum Gasteiger partial charge on any atom is 0.130 e. The zero-order valence-corrected chi connectivity index (χ0v) is 11.3. The number of benzene rings is 1. The van der Waals surface area contributed by atoms with E-state index >= 15 is 0 Å². The van der Waals surface area contributed by atoms with Gasteiger partial charge in [-0.1, -0.05) is 26.8 Å². The molecule has 0 radical (unpaired) electrons. The molecule has 4 heteroatoms. The summed E-state index contributed by atoms with van der Waals surface area (Å²) >= 11 is 0. The first-order valence-electron chi connectivity index (χ1n) is 6.36. The summed E-state index contributed by atoms with van der Waals surface area (Å²) < 4.78 is 26.4. The molecule has 0 bridgehead atoms. The van der Waals surface area contributed by atoms with Crippen LogP contribution in [0.25, 0.3) is 0 Å². The van der Waals surface area contributed by atoms with Crippen molar-refractivity contribution in [1.29, 1.82) is 0 Å². The highest BCUT2D eigenvalue weighted by Gasteiger charge is 2.16. The van der Waals surface area contributed by atoms with Crippen LogP contribution in [0.2, 0.25) is 0 Å². The van der Waals surface area contributed by atoms with Crippen LogP contribution in [0, 0.1) is 17.6 Å². The predicted molar refractivity (Wildman–Crippen MR) is 70.2 cm³/mol. The summed E-state index contributed by atoms with van der Waals surface area (Å²) in [6, 6.07) is 3.13. The molecule has 1 atom stereocenters. The van der Waals surface area contributed by atoms with Crippen LogP contribution in [0.5, 0.6) is 0 Å². The van der Waals surface area contributed by atoms with Gasteiger partial charge in [0.2, 0.25) is 0 Å². The van der Waals surface area contributed by atoms with E-state index in [0.717, 1.165) is 19.2 Å². The van der Waals surface area contributed by atoms with E-state index in [1.54, 1.807) is 0 Å². The molecule has 2 N–H and O–H groups in total. The molecule has 0 spiro atoms. The minimum absolute atomic E-state index is 0.374. The molecule has 1 aromatic carbocycles. The highest BCUT2D eigenvalue weighted by atomic mass is 19.1. The lowest BCUT2D eigenvalue weighted by Crippen LogP contribution is -2.35. The summed E-state index contributed by atoms with van der Waals surface area (Å²) in [7, 11) is 0. The van der Waals surface area contributed by atoms with Crippen molar-refractivity contribution in [1.82, 2.24) is 4.90 Å². The minimum Gasteiger partial charge on any atom is -0.323 e. The van der Waals surface area contributed by atoms with Crippen molar-refractivity contribution >= 4 is 0 Å². The molecule has 0 aliphatic rings. The van der Waals surface area contributed by atoms with Gasteiger partial charge >= 0.3 is 0 Å². The van der Waals surface area contributed by atoms with Crippen LogP contribution in [0.1, 0.15) is 32.4 Å². The lowest BCUT2D eigenvalue weighted by Gasteiger charge is -2.26. The van der Waals surface area contributed by atoms with Gasteiger partial charge in [0.1, 0.15) is 11.6 Å². The molecule has 0 aromatic heterocycles. The Morgan fingerprint density at radius 2 is 1.89 bits per heavy atom. The van der Waals surface area contributed by atoms with Crippen molar-refractivity contribution in [2.24, 2.45) is 11.7 Å². The van der Waals surface area contributed by atoms with Crippen molar-refractivity contribution in [3.8, 4) is 0 Å². The molecule has 0 aliphatic carbocycles. The van der Waals surface area contributed by atoms with Crippen LogP contribution in [-0.4, -0.2) is 24.5 Å². The molecule has 0 heterocycles. The predicted octanol–water partition coefficient (Wildman–Crippen LogP) is 2.94. The van der Waals surface area contributed by atoms with Gasteiger partial charge in [0, 0.05) is 30.8 Å². The number of hydrogen-bond donors (Lipinski definition) is 1. The standard InChI is InChI=1S/C14H22F2N2/c1-4-18(8-10(2)3)9-14(17)12-6-5-11(15)7-13(12)16/h5-7,10,14H,4,8-9,17H2,1-3H3. The third-order valence-corrected chi connectivity index (χ3v) is 2.89. The van der Waals surface area contributed by atoms with Gasteiger partial charge in [-0.15, -0.1) is 0 Å². The summed E-state index contributed by atoms with van der Waals surface area (Å²) in [6.07, 6.45) is 0. The first-order valence-corrected chi connectivity index (χ1v) is 6.36. The van der Waals surface area contributed by atoms with Crippen molar-refractivity contribution in [2.45, 2.75) is 26.8 Å². The number of rotatable bonds is 6. The Kier molecular flexibility index (Phi) is 5.69. The van der Waals surface area contributed by atoms with Crippen molar-refractivity contribution in [3.05, 3.63) is 35.4 Å². The molecular formula is C14H22F2N2. The summed E-state index contributed by atoms with van der Waals surface area (Å²) in [5, 5.41) is 0. The summed E-state index contributed by atoms with van der Waals surface area (Å²) in [6.45, 7) is 8.69. The molecular weight excluding hydrogens is 234 g/mol. The molecule has 0 amide bonds. The second-order valence-corrected chi connectivity index (χ2v) is 5.02. The number of likely N-dealkylation sites (N-methyl/N-ethyl adjacent to an activating group) is 1. The first kappa shape index (κ1) is 15.1. The van der Waals surface area contributed by atoms with E-state index in [-0.39, 0.29) is 0 Å². The van der Waals surface area contributed by atoms with E-state index in [1.165, 1.54) is 12.1 Å². The molecule has 0 saturated heterocycles.